The van der Waals surface area contributed by atoms with Gasteiger partial charge < -0.3 is 19.8 Å². The Morgan fingerprint density at radius 1 is 1.24 bits per heavy atom. The molecule has 0 saturated carbocycles. The molecule has 0 spiro atoms. The zero-order valence-corrected chi connectivity index (χ0v) is 23.9. The Morgan fingerprint density at radius 3 is 2.66 bits per heavy atom. The van der Waals surface area contributed by atoms with Gasteiger partial charge in [-0.25, -0.2) is 10.1 Å². The van der Waals surface area contributed by atoms with Crippen LogP contribution in [0.5, 0.6) is 0 Å². The van der Waals surface area contributed by atoms with Crippen LogP contribution in [0.25, 0.3) is 11.2 Å². The number of allylic oxidation sites excluding steroid dienone is 1. The molecule has 1 atom stereocenters. The number of nitrogen functional groups attached to an aromatic ring is 1. The number of benzene rings is 1. The van der Waals surface area contributed by atoms with Crippen molar-refractivity contribution in [3.05, 3.63) is 57.3 Å². The number of ether oxygens (including phenoxy) is 2. The van der Waals surface area contributed by atoms with Gasteiger partial charge >= 0.3 is 16.4 Å². The second-order valence-corrected chi connectivity index (χ2v) is 11.3. The fraction of sp³-hybridized carbons (Fsp3) is 0.435. The molecule has 1 aliphatic rings. The largest absolute Gasteiger partial charge is 0.462 e. The van der Waals surface area contributed by atoms with Crippen molar-refractivity contribution in [1.29, 1.82) is 0 Å². The summed E-state index contributed by atoms with van der Waals surface area (Å²) in [5.74, 6) is 0.567. The first-order valence-electron chi connectivity index (χ1n) is 11.8. The van der Waals surface area contributed by atoms with Gasteiger partial charge in [-0.1, -0.05) is 18.2 Å². The molecule has 4 rings (SSSR count). The van der Waals surface area contributed by atoms with Gasteiger partial charge in [-0.15, -0.1) is 0 Å². The monoisotopic (exact) mass is 661 g/mol. The Hall–Kier alpha value is -2.60. The van der Waals surface area contributed by atoms with Crippen LogP contribution >= 0.6 is 22.6 Å². The van der Waals surface area contributed by atoms with Crippen LogP contribution in [0.1, 0.15) is 37.6 Å². The minimum absolute atomic E-state index is 0.0315. The highest BCUT2D eigenvalue weighted by Crippen LogP contribution is 2.38. The Labute approximate surface area is 233 Å². The summed E-state index contributed by atoms with van der Waals surface area (Å²) < 4.78 is 55.1. The van der Waals surface area contributed by atoms with Crippen molar-refractivity contribution in [3.63, 3.8) is 0 Å². The number of aromatic nitrogens is 4. The van der Waals surface area contributed by atoms with Gasteiger partial charge in [0.2, 0.25) is 6.79 Å². The van der Waals surface area contributed by atoms with Crippen LogP contribution in [0.4, 0.5) is 10.2 Å². The normalized spacial score (nSPS) is 14.7. The third-order valence-electron chi connectivity index (χ3n) is 6.05. The SMILES string of the molecule is CC(C)N(CCCOS(N)(=O)=O)CCn1c(C(C2=COCO2)c2ccccc2I)nc2c(N)nc(F)nc21. The molecule has 3 aromatic rings. The Bertz CT molecular complexity index is 1430. The van der Waals surface area contributed by atoms with Crippen LogP contribution in [-0.4, -0.2) is 65.4 Å². The smallest absolute Gasteiger partial charge is 0.333 e. The van der Waals surface area contributed by atoms with Gasteiger partial charge in [-0.2, -0.15) is 22.8 Å². The van der Waals surface area contributed by atoms with E-state index in [0.717, 1.165) is 9.13 Å². The highest BCUT2D eigenvalue weighted by atomic mass is 127. The summed E-state index contributed by atoms with van der Waals surface area (Å²) in [5.41, 5.74) is 7.54. The highest BCUT2D eigenvalue weighted by Gasteiger charge is 2.32. The molecule has 0 saturated heterocycles. The average molecular weight is 661 g/mol. The van der Waals surface area contributed by atoms with E-state index in [1.54, 1.807) is 6.26 Å². The van der Waals surface area contributed by atoms with Crippen LogP contribution in [-0.2, 0) is 30.5 Å². The number of nitrogens with zero attached hydrogens (tertiary/aromatic N) is 5. The van der Waals surface area contributed by atoms with E-state index in [0.29, 0.717) is 37.6 Å². The van der Waals surface area contributed by atoms with Gasteiger partial charge in [0.1, 0.15) is 23.8 Å². The Kier molecular flexibility index (Phi) is 9.02. The molecule has 0 fully saturated rings. The number of hydrogen-bond donors (Lipinski definition) is 2. The number of imidazole rings is 1. The zero-order valence-electron chi connectivity index (χ0n) is 20.9. The minimum atomic E-state index is -4.00. The minimum Gasteiger partial charge on any atom is -0.462 e. The summed E-state index contributed by atoms with van der Waals surface area (Å²) in [6.07, 6.45) is 1.05. The molecule has 12 nitrogen and oxygen atoms in total. The van der Waals surface area contributed by atoms with Gasteiger partial charge in [0.15, 0.2) is 17.0 Å². The topological polar surface area (TPSA) is 161 Å². The maximum absolute atomic E-state index is 14.3. The lowest BCUT2D eigenvalue weighted by atomic mass is 9.96. The molecule has 0 aliphatic carbocycles. The molecule has 1 aliphatic heterocycles. The molecule has 206 valence electrons. The molecule has 1 unspecified atom stereocenters. The molecule has 2 aromatic heterocycles. The second kappa shape index (κ2) is 12.1. The summed E-state index contributed by atoms with van der Waals surface area (Å²) in [6.45, 7) is 5.54. The van der Waals surface area contributed by atoms with Crippen molar-refractivity contribution in [1.82, 2.24) is 24.4 Å². The molecule has 4 N–H and O–H groups in total. The highest BCUT2D eigenvalue weighted by molar-refractivity contribution is 14.1. The zero-order chi connectivity index (χ0) is 27.4. The van der Waals surface area contributed by atoms with Gasteiger partial charge in [-0.05, 0) is 54.5 Å². The van der Waals surface area contributed by atoms with Gasteiger partial charge in [-0.3, -0.25) is 9.08 Å². The number of anilines is 1. The fourth-order valence-corrected chi connectivity index (χ4v) is 5.33. The second-order valence-electron chi connectivity index (χ2n) is 8.87. The first-order valence-corrected chi connectivity index (χ1v) is 14.4. The lowest BCUT2D eigenvalue weighted by Gasteiger charge is -2.27. The molecule has 0 amide bonds. The van der Waals surface area contributed by atoms with Crippen molar-refractivity contribution < 1.29 is 26.5 Å². The van der Waals surface area contributed by atoms with Crippen molar-refractivity contribution >= 4 is 49.9 Å². The van der Waals surface area contributed by atoms with Gasteiger partial charge in [0.25, 0.3) is 0 Å². The standard InChI is InChI=1S/C23H29FIN7O5S/c1-14(2)31(8-5-11-37-38(27,33)34)9-10-32-21(28-19-20(26)29-23(24)30-22(19)32)18(17-12-35-13-36-17)15-6-3-4-7-16(15)25/h3-4,6-7,12,14,18H,5,8-11,13H2,1-2H3,(H2,26,29,30)(H2,27,33,34). The molecular weight excluding hydrogens is 632 g/mol. The van der Waals surface area contributed by atoms with Crippen LogP contribution in [0.3, 0.4) is 0 Å². The predicted octanol–water partition coefficient (Wildman–Crippen LogP) is 2.45. The molecular formula is C23H29FIN7O5S. The summed E-state index contributed by atoms with van der Waals surface area (Å²) in [5, 5.41) is 4.92. The van der Waals surface area contributed by atoms with Crippen LogP contribution in [0.15, 0.2) is 36.3 Å². The van der Waals surface area contributed by atoms with Crippen LogP contribution in [0.2, 0.25) is 0 Å². The Morgan fingerprint density at radius 2 is 2.00 bits per heavy atom. The summed E-state index contributed by atoms with van der Waals surface area (Å²) in [7, 11) is -4.00. The van der Waals surface area contributed by atoms with Crippen molar-refractivity contribution in [2.75, 3.05) is 32.2 Å². The fourth-order valence-electron chi connectivity index (χ4n) is 4.28. The third-order valence-corrected chi connectivity index (χ3v) is 7.53. The molecule has 38 heavy (non-hydrogen) atoms. The van der Waals surface area contributed by atoms with Crippen LogP contribution < -0.4 is 10.9 Å². The summed E-state index contributed by atoms with van der Waals surface area (Å²) in [4.78, 5) is 14.6. The number of hydrogen-bond acceptors (Lipinski definition) is 10. The van der Waals surface area contributed by atoms with E-state index in [9.17, 15) is 12.8 Å². The Balaban J connectivity index is 1.72. The molecule has 0 bridgehead atoms. The predicted molar refractivity (Wildman–Crippen MR) is 146 cm³/mol. The molecule has 15 heteroatoms. The maximum atomic E-state index is 14.3. The van der Waals surface area contributed by atoms with Crippen molar-refractivity contribution in [2.24, 2.45) is 5.14 Å². The summed E-state index contributed by atoms with van der Waals surface area (Å²) >= 11 is 2.25. The molecule has 1 aromatic carbocycles. The van der Waals surface area contributed by atoms with E-state index in [1.807, 2.05) is 42.7 Å². The quantitative estimate of drug-likeness (QED) is 0.168. The number of halogens is 2. The van der Waals surface area contributed by atoms with Crippen LogP contribution in [0, 0.1) is 9.65 Å². The maximum Gasteiger partial charge on any atom is 0.333 e. The van der Waals surface area contributed by atoms with E-state index < -0.39 is 22.3 Å². The van der Waals surface area contributed by atoms with Gasteiger partial charge in [0.05, 0.1) is 6.61 Å². The molecule has 0 radical (unpaired) electrons. The lowest BCUT2D eigenvalue weighted by molar-refractivity contribution is 0.0764. The van der Waals surface area contributed by atoms with E-state index in [-0.39, 0.29) is 36.4 Å². The summed E-state index contributed by atoms with van der Waals surface area (Å²) in [6, 6.07) is 7.93. The average Bonchev–Trinajstić information content (AvgIpc) is 3.48. The first kappa shape index (κ1) is 28.4. The molecule has 3 heterocycles. The van der Waals surface area contributed by atoms with Crippen molar-refractivity contribution in [2.45, 2.75) is 38.8 Å². The van der Waals surface area contributed by atoms with Gasteiger partial charge in [0, 0.05) is 29.2 Å². The lowest BCUT2D eigenvalue weighted by Crippen LogP contribution is -2.35. The van der Waals surface area contributed by atoms with E-state index >= 15 is 0 Å². The number of fused-ring (bicyclic) bond motifs is 1. The van der Waals surface area contributed by atoms with Crippen molar-refractivity contribution in [3.8, 4) is 0 Å². The van der Waals surface area contributed by atoms with E-state index in [1.165, 1.54) is 0 Å². The number of nitrogens with two attached hydrogens (primary N) is 2. The first-order chi connectivity index (χ1) is 18.0. The third kappa shape index (κ3) is 6.69. The van der Waals surface area contributed by atoms with E-state index in [2.05, 4.69) is 41.6 Å². The number of rotatable bonds is 12. The van der Waals surface area contributed by atoms with E-state index in [4.69, 9.17) is 25.3 Å².